The fourth-order valence-electron chi connectivity index (χ4n) is 3.75. The molecule has 0 aliphatic carbocycles. The van der Waals surface area contributed by atoms with Crippen LogP contribution in [0.15, 0.2) is 71.7 Å². The Kier molecular flexibility index (Phi) is 9.23. The molecule has 0 saturated heterocycles. The number of alkyl halides is 6. The van der Waals surface area contributed by atoms with Gasteiger partial charge in [-0.05, 0) is 42.3 Å². The van der Waals surface area contributed by atoms with E-state index in [0.29, 0.717) is 0 Å². The van der Waals surface area contributed by atoms with Crippen molar-refractivity contribution in [2.75, 3.05) is 16.3 Å². The molecule has 1 aromatic heterocycles. The van der Waals surface area contributed by atoms with Crippen LogP contribution in [0.3, 0.4) is 0 Å². The first-order valence-corrected chi connectivity index (χ1v) is 13.6. The predicted molar refractivity (Wildman–Crippen MR) is 138 cm³/mol. The zero-order chi connectivity index (χ0) is 29.7. The Balaban J connectivity index is 2.03. The van der Waals surface area contributed by atoms with E-state index in [1.807, 2.05) is 0 Å². The summed E-state index contributed by atoms with van der Waals surface area (Å²) in [6.07, 6.45) is -8.28. The second-order valence-electron chi connectivity index (χ2n) is 8.66. The highest BCUT2D eigenvalue weighted by molar-refractivity contribution is 7.92. The van der Waals surface area contributed by atoms with Gasteiger partial charge in [0, 0.05) is 5.56 Å². The summed E-state index contributed by atoms with van der Waals surface area (Å²) in [4.78, 5) is 21.7. The third-order valence-electron chi connectivity index (χ3n) is 5.59. The van der Waals surface area contributed by atoms with Crippen LogP contribution in [0, 0.1) is 5.92 Å². The zero-order valence-electron chi connectivity index (χ0n) is 21.1. The molecular weight excluding hydrogens is 562 g/mol. The second kappa shape index (κ2) is 12.1. The summed E-state index contributed by atoms with van der Waals surface area (Å²) < 4.78 is 105. The van der Waals surface area contributed by atoms with Gasteiger partial charge in [-0.15, -0.1) is 0 Å². The number of aromatic nitrogens is 1. The third kappa shape index (κ3) is 8.28. The van der Waals surface area contributed by atoms with Crippen molar-refractivity contribution in [1.82, 2.24) is 4.98 Å². The quantitative estimate of drug-likeness (QED) is 0.131. The molecule has 3 aromatic rings. The Morgan fingerprint density at radius 2 is 1.52 bits per heavy atom. The van der Waals surface area contributed by atoms with Gasteiger partial charge in [0.1, 0.15) is 17.5 Å². The van der Waals surface area contributed by atoms with E-state index >= 15 is 0 Å². The van der Waals surface area contributed by atoms with Crippen molar-refractivity contribution >= 4 is 33.3 Å². The molecule has 1 unspecified atom stereocenters. The number of anilines is 2. The first kappa shape index (κ1) is 30.6. The van der Waals surface area contributed by atoms with E-state index in [0.717, 1.165) is 36.6 Å². The number of Topliss-reactive ketones (excluding diaryl/α,β-unsaturated/α-hetero) is 1. The number of sulfonamides is 1. The number of carbonyl (C=O) groups is 1. The van der Waals surface area contributed by atoms with Gasteiger partial charge in [-0.3, -0.25) is 14.5 Å². The van der Waals surface area contributed by atoms with Crippen LogP contribution in [0.1, 0.15) is 40.4 Å². The number of rotatable bonds is 9. The molecule has 2 aromatic carbocycles. The van der Waals surface area contributed by atoms with Gasteiger partial charge in [-0.25, -0.2) is 13.4 Å². The molecule has 3 rings (SSSR count). The first-order chi connectivity index (χ1) is 18.6. The van der Waals surface area contributed by atoms with Gasteiger partial charge in [0.2, 0.25) is 10.0 Å². The summed E-state index contributed by atoms with van der Waals surface area (Å²) >= 11 is 0. The molecule has 0 amide bonds. The molecule has 0 spiro atoms. The lowest BCUT2D eigenvalue weighted by molar-refractivity contribution is -0.138. The highest BCUT2D eigenvalue weighted by Gasteiger charge is 2.33. The van der Waals surface area contributed by atoms with Crippen LogP contribution in [-0.2, 0) is 28.9 Å². The van der Waals surface area contributed by atoms with E-state index in [2.05, 4.69) is 20.0 Å². The van der Waals surface area contributed by atoms with Crippen molar-refractivity contribution in [2.24, 2.45) is 10.9 Å². The van der Waals surface area contributed by atoms with Crippen LogP contribution in [0.2, 0.25) is 0 Å². The molecule has 0 radical (unpaired) electrons. The van der Waals surface area contributed by atoms with Crippen molar-refractivity contribution in [1.29, 1.82) is 0 Å². The van der Waals surface area contributed by atoms with E-state index in [1.165, 1.54) is 36.4 Å². The molecule has 2 N–H and O–H groups in total. The van der Waals surface area contributed by atoms with E-state index in [1.54, 1.807) is 6.92 Å². The summed E-state index contributed by atoms with van der Waals surface area (Å²) in [5.41, 5.74) is -2.11. The topological polar surface area (TPSA) is 101 Å². The minimum absolute atomic E-state index is 0.0233. The van der Waals surface area contributed by atoms with E-state index < -0.39 is 51.7 Å². The number of aliphatic imine (C=N–C) groups is 1. The Hall–Kier alpha value is -3.94. The molecule has 1 heterocycles. The van der Waals surface area contributed by atoms with Gasteiger partial charge in [0.05, 0.1) is 29.8 Å². The van der Waals surface area contributed by atoms with Crippen LogP contribution in [0.4, 0.5) is 38.0 Å². The maximum atomic E-state index is 13.5. The maximum absolute atomic E-state index is 13.5. The normalized spacial score (nSPS) is 13.6. The maximum Gasteiger partial charge on any atom is 0.416 e. The summed E-state index contributed by atoms with van der Waals surface area (Å²) in [5.74, 6) is -1.89. The van der Waals surface area contributed by atoms with Crippen molar-refractivity contribution in [2.45, 2.75) is 32.2 Å². The van der Waals surface area contributed by atoms with E-state index in [-0.39, 0.29) is 35.0 Å². The van der Waals surface area contributed by atoms with Gasteiger partial charge in [-0.2, -0.15) is 26.3 Å². The minimum atomic E-state index is -4.66. The fourth-order valence-corrected chi connectivity index (χ4v) is 4.25. The van der Waals surface area contributed by atoms with Gasteiger partial charge in [0.25, 0.3) is 0 Å². The lowest BCUT2D eigenvalue weighted by atomic mass is 9.93. The van der Waals surface area contributed by atoms with Crippen molar-refractivity contribution in [3.05, 3.63) is 89.0 Å². The molecule has 0 bridgehead atoms. The molecule has 0 saturated carbocycles. The van der Waals surface area contributed by atoms with Crippen LogP contribution in [0.25, 0.3) is 0 Å². The van der Waals surface area contributed by atoms with Crippen molar-refractivity contribution < 1.29 is 39.6 Å². The average Bonchev–Trinajstić information content (AvgIpc) is 2.86. The van der Waals surface area contributed by atoms with Gasteiger partial charge in [-0.1, -0.05) is 43.3 Å². The third-order valence-corrected chi connectivity index (χ3v) is 6.17. The summed E-state index contributed by atoms with van der Waals surface area (Å²) in [6.45, 7) is 1.11. The number of amidine groups is 1. The van der Waals surface area contributed by atoms with Crippen molar-refractivity contribution in [3.8, 4) is 0 Å². The first-order valence-electron chi connectivity index (χ1n) is 11.7. The summed E-state index contributed by atoms with van der Waals surface area (Å²) in [5, 5.41) is 2.79. The Morgan fingerprint density at radius 1 is 0.900 bits per heavy atom. The standard InChI is InChI=1S/C26H24F6N4O3S/c1-3-19(23(37)16-11-13-18(14-12-16)25(27,28)29)24(33-15-17-7-4-5-8-20(17)26(30,31)32)35-21-9-6-10-22(34-21)36-40(2,38)39/h4-14,19H,3,15H2,1-2H3,(H2,33,34,35,36). The monoisotopic (exact) mass is 586 g/mol. The number of nitrogens with one attached hydrogen (secondary N) is 2. The van der Waals surface area contributed by atoms with E-state index in [4.69, 9.17) is 0 Å². The lowest BCUT2D eigenvalue weighted by Gasteiger charge is -2.20. The fraction of sp³-hybridized carbons (Fsp3) is 0.269. The summed E-state index contributed by atoms with van der Waals surface area (Å²) in [6, 6.07) is 12.5. The number of ketones is 1. The van der Waals surface area contributed by atoms with Crippen LogP contribution >= 0.6 is 0 Å². The number of hydrogen-bond acceptors (Lipinski definition) is 5. The molecule has 0 aliphatic heterocycles. The number of benzene rings is 2. The molecule has 214 valence electrons. The van der Waals surface area contributed by atoms with Crippen LogP contribution in [-0.4, -0.2) is 31.3 Å². The molecule has 0 aliphatic rings. The number of halogens is 6. The average molecular weight is 587 g/mol. The molecule has 14 heteroatoms. The minimum Gasteiger partial charge on any atom is -0.328 e. The van der Waals surface area contributed by atoms with Gasteiger partial charge in [0.15, 0.2) is 5.78 Å². The zero-order valence-corrected chi connectivity index (χ0v) is 22.0. The largest absolute Gasteiger partial charge is 0.416 e. The van der Waals surface area contributed by atoms with Gasteiger partial charge >= 0.3 is 12.4 Å². The van der Waals surface area contributed by atoms with Crippen LogP contribution < -0.4 is 10.0 Å². The molecule has 7 nitrogen and oxygen atoms in total. The smallest absolute Gasteiger partial charge is 0.328 e. The number of hydrogen-bond donors (Lipinski definition) is 2. The number of pyridine rings is 1. The number of nitrogens with zero attached hydrogens (tertiary/aromatic N) is 2. The molecule has 0 fully saturated rings. The molecule has 40 heavy (non-hydrogen) atoms. The Labute approximate surface area is 226 Å². The lowest BCUT2D eigenvalue weighted by Crippen LogP contribution is -2.30. The van der Waals surface area contributed by atoms with E-state index in [9.17, 15) is 39.6 Å². The SMILES string of the molecule is CCC(C(=O)c1ccc(C(F)(F)F)cc1)C(=NCc1ccccc1C(F)(F)F)Nc1cccc(NS(C)(=O)=O)n1. The molecular formula is C26H24F6N4O3S. The van der Waals surface area contributed by atoms with Gasteiger partial charge < -0.3 is 5.32 Å². The Bertz CT molecular complexity index is 1490. The highest BCUT2D eigenvalue weighted by atomic mass is 32.2. The van der Waals surface area contributed by atoms with Crippen molar-refractivity contribution in [3.63, 3.8) is 0 Å². The summed E-state index contributed by atoms with van der Waals surface area (Å²) in [7, 11) is -3.68. The van der Waals surface area contributed by atoms with Crippen LogP contribution in [0.5, 0.6) is 0 Å². The molecule has 1 atom stereocenters. The second-order valence-corrected chi connectivity index (χ2v) is 10.4. The highest BCUT2D eigenvalue weighted by Crippen LogP contribution is 2.33. The Morgan fingerprint density at radius 3 is 2.10 bits per heavy atom. The predicted octanol–water partition coefficient (Wildman–Crippen LogP) is 6.41. The number of carbonyl (C=O) groups excluding carboxylic acids is 1.